The van der Waals surface area contributed by atoms with E-state index in [-0.39, 0.29) is 16.2 Å². The largest absolute Gasteiger partial charge is 0.393 e. The van der Waals surface area contributed by atoms with E-state index in [9.17, 15) is 4.79 Å². The second-order valence-electron chi connectivity index (χ2n) is 3.87. The number of aliphatic hydroxyl groups excluding tert-OH is 1. The molecule has 0 radical (unpaired) electrons. The van der Waals surface area contributed by atoms with E-state index in [1.165, 1.54) is 17.0 Å². The SMILES string of the molecule is CC(O)CCN(C)C(=O)c1cc(Cl)nc(Cl)c1. The summed E-state index contributed by atoms with van der Waals surface area (Å²) in [7, 11) is 1.66. The van der Waals surface area contributed by atoms with Crippen molar-refractivity contribution in [1.29, 1.82) is 0 Å². The fourth-order valence-electron chi connectivity index (χ4n) is 1.29. The average Bonchev–Trinajstić information content (AvgIpc) is 2.23. The lowest BCUT2D eigenvalue weighted by Gasteiger charge is -2.18. The van der Waals surface area contributed by atoms with Crippen LogP contribution in [0.1, 0.15) is 23.7 Å². The van der Waals surface area contributed by atoms with E-state index in [4.69, 9.17) is 28.3 Å². The molecule has 1 N–H and O–H groups in total. The van der Waals surface area contributed by atoms with Crippen molar-refractivity contribution in [3.05, 3.63) is 28.0 Å². The number of carbonyl (C=O) groups is 1. The summed E-state index contributed by atoms with van der Waals surface area (Å²) in [6.07, 6.45) is 0.0873. The Bertz CT molecular complexity index is 390. The van der Waals surface area contributed by atoms with Gasteiger partial charge in [-0.3, -0.25) is 4.79 Å². The first-order valence-electron chi connectivity index (χ1n) is 5.16. The van der Waals surface area contributed by atoms with Crippen molar-refractivity contribution in [2.24, 2.45) is 0 Å². The van der Waals surface area contributed by atoms with Crippen molar-refractivity contribution in [2.45, 2.75) is 19.4 Å². The summed E-state index contributed by atoms with van der Waals surface area (Å²) < 4.78 is 0. The number of carbonyl (C=O) groups excluding carboxylic acids is 1. The van der Waals surface area contributed by atoms with Crippen LogP contribution in [0.3, 0.4) is 0 Å². The van der Waals surface area contributed by atoms with E-state index in [1.807, 2.05) is 0 Å². The predicted octanol–water partition coefficient (Wildman–Crippen LogP) is 2.23. The van der Waals surface area contributed by atoms with Gasteiger partial charge >= 0.3 is 0 Å². The van der Waals surface area contributed by atoms with Gasteiger partial charge in [0, 0.05) is 19.2 Å². The number of pyridine rings is 1. The second kappa shape index (κ2) is 6.19. The number of rotatable bonds is 4. The van der Waals surface area contributed by atoms with E-state index < -0.39 is 6.10 Å². The Morgan fingerprint density at radius 1 is 1.47 bits per heavy atom. The number of hydrogen-bond donors (Lipinski definition) is 1. The molecule has 1 aromatic heterocycles. The lowest BCUT2D eigenvalue weighted by Crippen LogP contribution is -2.29. The lowest BCUT2D eigenvalue weighted by atomic mass is 10.2. The van der Waals surface area contributed by atoms with Crippen LogP contribution < -0.4 is 0 Å². The van der Waals surface area contributed by atoms with Crippen molar-refractivity contribution < 1.29 is 9.90 Å². The molecule has 0 bridgehead atoms. The molecular formula is C11H14Cl2N2O2. The van der Waals surface area contributed by atoms with Crippen LogP contribution in [0.25, 0.3) is 0 Å². The molecule has 0 aromatic carbocycles. The number of halogens is 2. The zero-order valence-corrected chi connectivity index (χ0v) is 11.2. The van der Waals surface area contributed by atoms with Crippen LogP contribution in [0.5, 0.6) is 0 Å². The first kappa shape index (κ1) is 14.2. The van der Waals surface area contributed by atoms with E-state index in [0.717, 1.165) is 0 Å². The number of hydrogen-bond acceptors (Lipinski definition) is 3. The summed E-state index contributed by atoms with van der Waals surface area (Å²) in [6, 6.07) is 2.93. The van der Waals surface area contributed by atoms with Gasteiger partial charge in [-0.25, -0.2) is 4.98 Å². The normalized spacial score (nSPS) is 12.3. The van der Waals surface area contributed by atoms with Crippen molar-refractivity contribution in [3.63, 3.8) is 0 Å². The molecule has 0 aliphatic rings. The van der Waals surface area contributed by atoms with Crippen LogP contribution in [-0.2, 0) is 0 Å². The minimum absolute atomic E-state index is 0.185. The summed E-state index contributed by atoms with van der Waals surface area (Å²) in [6.45, 7) is 2.15. The van der Waals surface area contributed by atoms with Gasteiger partial charge < -0.3 is 10.0 Å². The summed E-state index contributed by atoms with van der Waals surface area (Å²) in [5, 5.41) is 9.52. The molecule has 17 heavy (non-hydrogen) atoms. The molecule has 4 nitrogen and oxygen atoms in total. The number of nitrogens with zero attached hydrogens (tertiary/aromatic N) is 2. The van der Waals surface area contributed by atoms with E-state index in [2.05, 4.69) is 4.98 Å². The van der Waals surface area contributed by atoms with Crippen LogP contribution in [-0.4, -0.2) is 40.6 Å². The third kappa shape index (κ3) is 4.50. The maximum atomic E-state index is 12.0. The Labute approximate surface area is 110 Å². The maximum absolute atomic E-state index is 12.0. The molecule has 0 saturated carbocycles. The highest BCUT2D eigenvalue weighted by Gasteiger charge is 2.14. The number of aliphatic hydroxyl groups is 1. The molecule has 0 fully saturated rings. The van der Waals surface area contributed by atoms with Crippen LogP contribution >= 0.6 is 23.2 Å². The van der Waals surface area contributed by atoms with E-state index in [1.54, 1.807) is 14.0 Å². The van der Waals surface area contributed by atoms with Gasteiger partial charge in [0.25, 0.3) is 5.91 Å². The molecule has 0 saturated heterocycles. The maximum Gasteiger partial charge on any atom is 0.253 e. The van der Waals surface area contributed by atoms with Crippen molar-refractivity contribution in [3.8, 4) is 0 Å². The Kier molecular flexibility index (Phi) is 5.18. The Morgan fingerprint density at radius 3 is 2.47 bits per heavy atom. The van der Waals surface area contributed by atoms with Crippen LogP contribution in [0.4, 0.5) is 0 Å². The summed E-state index contributed by atoms with van der Waals surface area (Å²) in [4.78, 5) is 17.2. The van der Waals surface area contributed by atoms with Crippen LogP contribution in [0.2, 0.25) is 10.3 Å². The standard InChI is InChI=1S/C11H14Cl2N2O2/c1-7(16)3-4-15(2)11(17)8-5-9(12)14-10(13)6-8/h5-7,16H,3-4H2,1-2H3. The molecule has 0 spiro atoms. The van der Waals surface area contributed by atoms with Gasteiger partial charge in [-0.15, -0.1) is 0 Å². The highest BCUT2D eigenvalue weighted by atomic mass is 35.5. The second-order valence-corrected chi connectivity index (χ2v) is 4.64. The van der Waals surface area contributed by atoms with Crippen molar-refractivity contribution >= 4 is 29.1 Å². The average molecular weight is 277 g/mol. The molecule has 1 rings (SSSR count). The first-order chi connectivity index (χ1) is 7.90. The highest BCUT2D eigenvalue weighted by molar-refractivity contribution is 6.33. The molecule has 6 heteroatoms. The number of aromatic nitrogens is 1. The number of amides is 1. The van der Waals surface area contributed by atoms with Gasteiger partial charge in [0.2, 0.25) is 0 Å². The Hall–Kier alpha value is -0.840. The topological polar surface area (TPSA) is 53.4 Å². The third-order valence-electron chi connectivity index (χ3n) is 2.24. The van der Waals surface area contributed by atoms with Gasteiger partial charge in [0.15, 0.2) is 0 Å². The molecule has 0 aliphatic heterocycles. The zero-order valence-electron chi connectivity index (χ0n) is 9.65. The molecular weight excluding hydrogens is 263 g/mol. The van der Waals surface area contributed by atoms with E-state index in [0.29, 0.717) is 18.5 Å². The lowest BCUT2D eigenvalue weighted by molar-refractivity contribution is 0.0769. The smallest absolute Gasteiger partial charge is 0.253 e. The Morgan fingerprint density at radius 2 is 2.00 bits per heavy atom. The molecule has 1 heterocycles. The fraction of sp³-hybridized carbons (Fsp3) is 0.455. The molecule has 1 atom stereocenters. The monoisotopic (exact) mass is 276 g/mol. The molecule has 1 amide bonds. The highest BCUT2D eigenvalue weighted by Crippen LogP contribution is 2.16. The van der Waals surface area contributed by atoms with Crippen molar-refractivity contribution in [1.82, 2.24) is 9.88 Å². The zero-order chi connectivity index (χ0) is 13.0. The minimum atomic E-state index is -0.435. The Balaban J connectivity index is 2.74. The molecule has 1 unspecified atom stereocenters. The molecule has 0 aliphatic carbocycles. The minimum Gasteiger partial charge on any atom is -0.393 e. The fourth-order valence-corrected chi connectivity index (χ4v) is 1.75. The first-order valence-corrected chi connectivity index (χ1v) is 5.92. The van der Waals surface area contributed by atoms with Gasteiger partial charge in [-0.05, 0) is 25.5 Å². The third-order valence-corrected chi connectivity index (χ3v) is 2.63. The van der Waals surface area contributed by atoms with E-state index >= 15 is 0 Å². The summed E-state index contributed by atoms with van der Waals surface area (Å²) in [5.41, 5.74) is 0.392. The van der Waals surface area contributed by atoms with Gasteiger partial charge in [0.1, 0.15) is 10.3 Å². The van der Waals surface area contributed by atoms with Gasteiger partial charge in [-0.2, -0.15) is 0 Å². The quantitative estimate of drug-likeness (QED) is 0.859. The van der Waals surface area contributed by atoms with Crippen molar-refractivity contribution in [2.75, 3.05) is 13.6 Å². The summed E-state index contributed by atoms with van der Waals surface area (Å²) in [5.74, 6) is -0.197. The summed E-state index contributed by atoms with van der Waals surface area (Å²) >= 11 is 11.4. The molecule has 94 valence electrons. The van der Waals surface area contributed by atoms with Gasteiger partial charge in [-0.1, -0.05) is 23.2 Å². The van der Waals surface area contributed by atoms with Gasteiger partial charge in [0.05, 0.1) is 6.10 Å². The molecule has 1 aromatic rings. The predicted molar refractivity (Wildman–Crippen MR) is 67.5 cm³/mol. The van der Waals surface area contributed by atoms with Crippen LogP contribution in [0.15, 0.2) is 12.1 Å². The van der Waals surface area contributed by atoms with Crippen LogP contribution in [0, 0.1) is 0 Å².